The Labute approximate surface area is 451 Å². The number of carboxylic acids is 1. The number of aromatic nitrogens is 4. The SMILES string of the molecule is CC[C@H](C)[C@H](NC(=O)[C@H](Cc1cnc[nH]1)NC(=O)[C@H](Cc1c[nH]c2ccccc12)NC(=O)[C@H](Cc1c[nH]c2ccccc12)NC(=O)[C@@H](N)CCCN=C(N)N)C(=O)NCC(=O)N[C@@H](CCCCN)C(=O)N1CCC[C@H]1C(=O)O. The van der Waals surface area contributed by atoms with Crippen LogP contribution in [-0.4, -0.2) is 152 Å². The second kappa shape index (κ2) is 28.7. The van der Waals surface area contributed by atoms with Crippen molar-refractivity contribution in [2.75, 3.05) is 26.2 Å². The van der Waals surface area contributed by atoms with Crippen molar-refractivity contribution < 1.29 is 43.5 Å². The van der Waals surface area contributed by atoms with E-state index < -0.39 is 102 Å². The maximum Gasteiger partial charge on any atom is 0.326 e. The van der Waals surface area contributed by atoms with E-state index in [4.69, 9.17) is 22.9 Å². The number of carboxylic acid groups (broad SMARTS) is 1. The zero-order valence-corrected chi connectivity index (χ0v) is 44.0. The highest BCUT2D eigenvalue weighted by Gasteiger charge is 2.38. The number of carbonyl (C=O) groups excluding carboxylic acids is 7. The van der Waals surface area contributed by atoms with Gasteiger partial charge in [0.2, 0.25) is 41.4 Å². The minimum atomic E-state index is -1.37. The highest BCUT2D eigenvalue weighted by molar-refractivity contribution is 5.98. The van der Waals surface area contributed by atoms with E-state index in [0.29, 0.717) is 55.5 Å². The number of hydrogen-bond donors (Lipinski definition) is 14. The molecule has 0 saturated carbocycles. The molecule has 0 unspecified atom stereocenters. The van der Waals surface area contributed by atoms with Crippen molar-refractivity contribution in [3.05, 3.63) is 90.3 Å². The van der Waals surface area contributed by atoms with Gasteiger partial charge in [-0.25, -0.2) is 9.78 Å². The maximum absolute atomic E-state index is 14.9. The number of hydrogen-bond acceptors (Lipinski definition) is 12. The Morgan fingerprint density at radius 3 is 1.90 bits per heavy atom. The van der Waals surface area contributed by atoms with Crippen LogP contribution in [0.5, 0.6) is 0 Å². The number of para-hydroxylation sites is 2. The molecule has 0 bridgehead atoms. The van der Waals surface area contributed by atoms with E-state index in [1.54, 1.807) is 19.3 Å². The number of nitrogens with one attached hydrogen (secondary N) is 9. The van der Waals surface area contributed by atoms with Gasteiger partial charge in [0, 0.05) is 78.4 Å². The number of aromatic amines is 3. The first-order chi connectivity index (χ1) is 37.5. The number of nitrogens with zero attached hydrogens (tertiary/aromatic N) is 3. The van der Waals surface area contributed by atoms with Crippen molar-refractivity contribution in [3.8, 4) is 0 Å². The van der Waals surface area contributed by atoms with Crippen LogP contribution >= 0.6 is 0 Å². The number of nitrogens with two attached hydrogens (primary N) is 4. The fourth-order valence-corrected chi connectivity index (χ4v) is 9.47. The van der Waals surface area contributed by atoms with E-state index in [1.165, 1.54) is 17.4 Å². The van der Waals surface area contributed by atoms with Crippen LogP contribution in [0.1, 0.15) is 82.0 Å². The first-order valence-electron chi connectivity index (χ1n) is 26.4. The van der Waals surface area contributed by atoms with Gasteiger partial charge in [0.25, 0.3) is 0 Å². The molecule has 1 aliphatic heterocycles. The largest absolute Gasteiger partial charge is 0.480 e. The highest BCUT2D eigenvalue weighted by Crippen LogP contribution is 2.23. The Kier molecular flexibility index (Phi) is 21.7. The summed E-state index contributed by atoms with van der Waals surface area (Å²) in [5.41, 5.74) is 26.3. The lowest BCUT2D eigenvalue weighted by Crippen LogP contribution is -2.60. The molecule has 420 valence electrons. The van der Waals surface area contributed by atoms with Crippen LogP contribution in [0.2, 0.25) is 0 Å². The lowest BCUT2D eigenvalue weighted by molar-refractivity contribution is -0.149. The van der Waals surface area contributed by atoms with Crippen molar-refractivity contribution in [1.82, 2.24) is 56.7 Å². The smallest absolute Gasteiger partial charge is 0.326 e. The standard InChI is InChI=1S/C53H74N16O9/c1-3-30(2)45(50(75)62-28-44(70)64-39(17-8-9-19-54)51(76)69-21-11-18-43(69)52(77)78)68-49(74)42(24-33-27-58-29-63-33)67-48(73)41(23-32-26-61-38-16-7-5-13-35(32)38)66-47(72)40(22-31-25-60-37-15-6-4-12-34(31)37)65-46(71)36(55)14-10-20-59-53(56)57/h4-7,12-13,15-16,25-27,29-30,36,39-43,45,60-61H,3,8-11,14,17-24,28,54-55H2,1-2H3,(H,58,63)(H,62,75)(H,64,70)(H,65,71)(H,66,72)(H,67,73)(H,68,74)(H,77,78)(H4,56,57,59)/t30-,36-,39-,40-,41-,42-,43-,45-/m0/s1. The molecule has 0 aliphatic carbocycles. The fraction of sp³-hybridized carbons (Fsp3) is 0.472. The number of H-pyrrole nitrogens is 3. The van der Waals surface area contributed by atoms with Gasteiger partial charge in [-0.3, -0.25) is 38.6 Å². The van der Waals surface area contributed by atoms with Crippen LogP contribution in [0.4, 0.5) is 0 Å². The van der Waals surface area contributed by atoms with E-state index >= 15 is 0 Å². The van der Waals surface area contributed by atoms with Crippen LogP contribution in [0.15, 0.2) is 78.4 Å². The normalized spacial score (nSPS) is 15.9. The molecule has 5 aromatic rings. The molecule has 8 atom stereocenters. The molecule has 7 amide bonds. The lowest BCUT2D eigenvalue weighted by Gasteiger charge is -2.29. The number of aliphatic carboxylic acids is 1. The molecule has 2 aromatic carbocycles. The van der Waals surface area contributed by atoms with Gasteiger partial charge in [-0.05, 0) is 80.7 Å². The summed E-state index contributed by atoms with van der Waals surface area (Å²) in [5, 5.41) is 27.8. The molecular weight excluding hydrogens is 1000 g/mol. The van der Waals surface area contributed by atoms with Crippen molar-refractivity contribution in [2.45, 2.75) is 127 Å². The summed E-state index contributed by atoms with van der Waals surface area (Å²) in [6.45, 7) is 3.76. The van der Waals surface area contributed by atoms with Crippen LogP contribution in [0, 0.1) is 5.92 Å². The lowest BCUT2D eigenvalue weighted by atomic mass is 9.97. The van der Waals surface area contributed by atoms with Gasteiger partial charge in [-0.2, -0.15) is 0 Å². The summed E-state index contributed by atoms with van der Waals surface area (Å²) in [6, 6.07) is 6.50. The molecule has 3 aromatic heterocycles. The van der Waals surface area contributed by atoms with E-state index in [2.05, 4.69) is 56.8 Å². The molecule has 78 heavy (non-hydrogen) atoms. The maximum atomic E-state index is 14.9. The van der Waals surface area contributed by atoms with Gasteiger partial charge in [0.15, 0.2) is 5.96 Å². The van der Waals surface area contributed by atoms with Gasteiger partial charge in [0.05, 0.1) is 18.9 Å². The number of rotatable bonds is 30. The van der Waals surface area contributed by atoms with Crippen molar-refractivity contribution in [3.63, 3.8) is 0 Å². The molecular formula is C53H74N16O9. The first-order valence-corrected chi connectivity index (χ1v) is 26.4. The Balaban J connectivity index is 1.22. The number of guanidine groups is 1. The minimum Gasteiger partial charge on any atom is -0.480 e. The summed E-state index contributed by atoms with van der Waals surface area (Å²) >= 11 is 0. The molecule has 25 heteroatoms. The topological polar surface area (TPSA) is 409 Å². The van der Waals surface area contributed by atoms with Crippen LogP contribution < -0.4 is 54.8 Å². The second-order valence-electron chi connectivity index (χ2n) is 19.7. The van der Waals surface area contributed by atoms with Gasteiger partial charge in [0.1, 0.15) is 36.3 Å². The predicted molar refractivity (Wildman–Crippen MR) is 292 cm³/mol. The van der Waals surface area contributed by atoms with Gasteiger partial charge >= 0.3 is 5.97 Å². The van der Waals surface area contributed by atoms with E-state index in [-0.39, 0.29) is 57.6 Å². The minimum absolute atomic E-state index is 0.00533. The van der Waals surface area contributed by atoms with Crippen molar-refractivity contribution in [2.24, 2.45) is 33.8 Å². The molecule has 25 nitrogen and oxygen atoms in total. The van der Waals surface area contributed by atoms with Crippen molar-refractivity contribution in [1.29, 1.82) is 0 Å². The highest BCUT2D eigenvalue weighted by atomic mass is 16.4. The zero-order chi connectivity index (χ0) is 56.3. The number of carbonyl (C=O) groups is 8. The molecule has 1 fully saturated rings. The first kappa shape index (κ1) is 58.9. The molecule has 0 spiro atoms. The fourth-order valence-electron chi connectivity index (χ4n) is 9.47. The van der Waals surface area contributed by atoms with Crippen LogP contribution in [-0.2, 0) is 57.6 Å². The summed E-state index contributed by atoms with van der Waals surface area (Å²) in [7, 11) is 0. The number of amides is 7. The molecule has 1 aliphatic rings. The molecule has 1 saturated heterocycles. The average Bonchev–Trinajstić information content (AvgIpc) is 4.28. The Bertz CT molecular complexity index is 2880. The van der Waals surface area contributed by atoms with Gasteiger partial charge in [-0.15, -0.1) is 0 Å². The summed E-state index contributed by atoms with van der Waals surface area (Å²) in [4.78, 5) is 129. The second-order valence-corrected chi connectivity index (χ2v) is 19.7. The number of imidazole rings is 1. The summed E-state index contributed by atoms with van der Waals surface area (Å²) < 4.78 is 0. The number of fused-ring (bicyclic) bond motifs is 2. The average molecular weight is 1080 g/mol. The summed E-state index contributed by atoms with van der Waals surface area (Å²) in [6.07, 6.45) is 9.10. The third kappa shape index (κ3) is 16.3. The van der Waals surface area contributed by atoms with Crippen LogP contribution in [0.3, 0.4) is 0 Å². The van der Waals surface area contributed by atoms with E-state index in [0.717, 1.165) is 21.8 Å². The monoisotopic (exact) mass is 1080 g/mol. The molecule has 4 heterocycles. The van der Waals surface area contributed by atoms with E-state index in [1.807, 2.05) is 55.5 Å². The molecule has 6 rings (SSSR count). The Morgan fingerprint density at radius 1 is 0.744 bits per heavy atom. The predicted octanol–water partition coefficient (Wildman–Crippen LogP) is -0.428. The number of benzene rings is 2. The Hall–Kier alpha value is -8.32. The number of aliphatic imine (C=N–C) groups is 1. The van der Waals surface area contributed by atoms with E-state index in [9.17, 15) is 43.5 Å². The van der Waals surface area contributed by atoms with Gasteiger partial charge in [-0.1, -0.05) is 56.7 Å². The third-order valence-corrected chi connectivity index (χ3v) is 14.0. The number of likely N-dealkylation sites (tertiary alicyclic amines) is 1. The zero-order valence-electron chi connectivity index (χ0n) is 44.0. The Morgan fingerprint density at radius 2 is 1.33 bits per heavy atom. The summed E-state index contributed by atoms with van der Waals surface area (Å²) in [5.74, 6) is -6.62. The quantitative estimate of drug-likeness (QED) is 0.0158. The third-order valence-electron chi connectivity index (χ3n) is 14.0. The van der Waals surface area contributed by atoms with Gasteiger partial charge < -0.3 is 79.8 Å². The molecule has 0 radical (unpaired) electrons. The number of unbranched alkanes of at least 4 members (excludes halogenated alkanes) is 1. The molecule has 18 N–H and O–H groups in total. The van der Waals surface area contributed by atoms with Crippen LogP contribution in [0.25, 0.3) is 21.8 Å². The van der Waals surface area contributed by atoms with Crippen molar-refractivity contribution >= 4 is 75.1 Å².